The van der Waals surface area contributed by atoms with Crippen molar-refractivity contribution in [3.63, 3.8) is 0 Å². The lowest BCUT2D eigenvalue weighted by Gasteiger charge is -2.20. The summed E-state index contributed by atoms with van der Waals surface area (Å²) in [6, 6.07) is 7.55. The Morgan fingerprint density at radius 1 is 1.50 bits per heavy atom. The maximum atomic E-state index is 8.75. The minimum absolute atomic E-state index is 0.463. The van der Waals surface area contributed by atoms with Crippen LogP contribution in [0.2, 0.25) is 0 Å². The molecule has 0 amide bonds. The molecule has 0 aliphatic heterocycles. The standard InChI is InChI=1S/C13H17N3/c1-10(2)13(6-7-13)9-15-12-5-3-4-11(8-14)16-12/h3-5,10H,6-7,9H2,1-2H3,(H,15,16). The van der Waals surface area contributed by atoms with E-state index in [1.54, 1.807) is 6.07 Å². The number of nitrogens with zero attached hydrogens (tertiary/aromatic N) is 2. The normalized spacial score (nSPS) is 16.9. The van der Waals surface area contributed by atoms with Crippen LogP contribution in [0.25, 0.3) is 0 Å². The van der Waals surface area contributed by atoms with Crippen LogP contribution >= 0.6 is 0 Å². The number of nitriles is 1. The van der Waals surface area contributed by atoms with Crippen molar-refractivity contribution in [1.82, 2.24) is 4.98 Å². The molecule has 84 valence electrons. The average Bonchev–Trinajstić information content (AvgIpc) is 3.08. The van der Waals surface area contributed by atoms with Gasteiger partial charge in [0.15, 0.2) is 0 Å². The molecule has 0 spiro atoms. The Hall–Kier alpha value is -1.56. The van der Waals surface area contributed by atoms with Crippen LogP contribution in [-0.4, -0.2) is 11.5 Å². The molecule has 1 aromatic rings. The van der Waals surface area contributed by atoms with Gasteiger partial charge in [-0.3, -0.25) is 0 Å². The van der Waals surface area contributed by atoms with Gasteiger partial charge in [0.2, 0.25) is 0 Å². The van der Waals surface area contributed by atoms with Gasteiger partial charge in [0, 0.05) is 6.54 Å². The molecule has 3 heteroatoms. The van der Waals surface area contributed by atoms with E-state index in [9.17, 15) is 0 Å². The first-order valence-corrected chi connectivity index (χ1v) is 5.77. The van der Waals surface area contributed by atoms with Crippen LogP contribution < -0.4 is 5.32 Å². The number of nitrogens with one attached hydrogen (secondary N) is 1. The second-order valence-corrected chi connectivity index (χ2v) is 4.89. The molecule has 0 radical (unpaired) electrons. The Bertz CT molecular complexity index is 413. The van der Waals surface area contributed by atoms with Gasteiger partial charge in [0.05, 0.1) is 0 Å². The topological polar surface area (TPSA) is 48.7 Å². The molecular formula is C13H17N3. The molecule has 0 unspecified atom stereocenters. The summed E-state index contributed by atoms with van der Waals surface area (Å²) in [6.45, 7) is 5.51. The second kappa shape index (κ2) is 4.13. The van der Waals surface area contributed by atoms with Gasteiger partial charge < -0.3 is 5.32 Å². The lowest BCUT2D eigenvalue weighted by Crippen LogP contribution is -2.21. The zero-order valence-corrected chi connectivity index (χ0v) is 9.83. The van der Waals surface area contributed by atoms with E-state index in [0.717, 1.165) is 12.4 Å². The van der Waals surface area contributed by atoms with E-state index in [2.05, 4.69) is 30.2 Å². The van der Waals surface area contributed by atoms with Crippen LogP contribution in [0.5, 0.6) is 0 Å². The van der Waals surface area contributed by atoms with Crippen LogP contribution in [0.3, 0.4) is 0 Å². The number of hydrogen-bond acceptors (Lipinski definition) is 3. The van der Waals surface area contributed by atoms with Gasteiger partial charge in [-0.05, 0) is 36.3 Å². The molecule has 1 heterocycles. The summed E-state index contributed by atoms with van der Waals surface area (Å²) in [5.74, 6) is 1.52. The maximum absolute atomic E-state index is 8.75. The molecule has 1 N–H and O–H groups in total. The monoisotopic (exact) mass is 215 g/mol. The first-order valence-electron chi connectivity index (χ1n) is 5.77. The number of pyridine rings is 1. The highest BCUT2D eigenvalue weighted by Crippen LogP contribution is 2.51. The van der Waals surface area contributed by atoms with Crippen molar-refractivity contribution in [2.75, 3.05) is 11.9 Å². The molecule has 0 atom stereocenters. The lowest BCUT2D eigenvalue weighted by molar-refractivity contribution is 0.380. The van der Waals surface area contributed by atoms with E-state index >= 15 is 0 Å². The summed E-state index contributed by atoms with van der Waals surface area (Å²) in [4.78, 5) is 4.21. The predicted octanol–water partition coefficient (Wildman–Crippen LogP) is 2.80. The van der Waals surface area contributed by atoms with E-state index in [1.165, 1.54) is 12.8 Å². The zero-order chi connectivity index (χ0) is 11.6. The largest absolute Gasteiger partial charge is 0.369 e. The fraction of sp³-hybridized carbons (Fsp3) is 0.538. The summed E-state index contributed by atoms with van der Waals surface area (Å²) < 4.78 is 0. The summed E-state index contributed by atoms with van der Waals surface area (Å²) >= 11 is 0. The predicted molar refractivity (Wildman–Crippen MR) is 63.9 cm³/mol. The zero-order valence-electron chi connectivity index (χ0n) is 9.83. The van der Waals surface area contributed by atoms with Crippen molar-refractivity contribution in [3.05, 3.63) is 23.9 Å². The fourth-order valence-electron chi connectivity index (χ4n) is 1.98. The van der Waals surface area contributed by atoms with Crippen molar-refractivity contribution >= 4 is 5.82 Å². The van der Waals surface area contributed by atoms with Crippen molar-refractivity contribution < 1.29 is 0 Å². The average molecular weight is 215 g/mol. The van der Waals surface area contributed by atoms with E-state index in [-0.39, 0.29) is 0 Å². The van der Waals surface area contributed by atoms with E-state index < -0.39 is 0 Å². The third-order valence-electron chi connectivity index (χ3n) is 3.60. The Kier molecular flexibility index (Phi) is 2.82. The summed E-state index contributed by atoms with van der Waals surface area (Å²) in [6.07, 6.45) is 2.60. The summed E-state index contributed by atoms with van der Waals surface area (Å²) in [5.41, 5.74) is 0.934. The molecule has 1 saturated carbocycles. The van der Waals surface area contributed by atoms with E-state index in [4.69, 9.17) is 5.26 Å². The van der Waals surface area contributed by atoms with Crippen LogP contribution in [-0.2, 0) is 0 Å². The highest BCUT2D eigenvalue weighted by atomic mass is 15.0. The highest BCUT2D eigenvalue weighted by Gasteiger charge is 2.44. The molecular weight excluding hydrogens is 198 g/mol. The number of hydrogen-bond donors (Lipinski definition) is 1. The van der Waals surface area contributed by atoms with Crippen molar-refractivity contribution in [2.45, 2.75) is 26.7 Å². The van der Waals surface area contributed by atoms with E-state index in [0.29, 0.717) is 17.0 Å². The van der Waals surface area contributed by atoms with Crippen LogP contribution in [0.4, 0.5) is 5.82 Å². The van der Waals surface area contributed by atoms with Crippen LogP contribution in [0.15, 0.2) is 18.2 Å². The van der Waals surface area contributed by atoms with Crippen molar-refractivity contribution in [2.24, 2.45) is 11.3 Å². The van der Waals surface area contributed by atoms with Crippen molar-refractivity contribution in [1.29, 1.82) is 5.26 Å². The van der Waals surface area contributed by atoms with Gasteiger partial charge in [0.1, 0.15) is 17.6 Å². The smallest absolute Gasteiger partial charge is 0.142 e. The number of anilines is 1. The van der Waals surface area contributed by atoms with Gasteiger partial charge in [-0.2, -0.15) is 5.26 Å². The molecule has 16 heavy (non-hydrogen) atoms. The number of aromatic nitrogens is 1. The van der Waals surface area contributed by atoms with Gasteiger partial charge in [0.25, 0.3) is 0 Å². The molecule has 3 nitrogen and oxygen atoms in total. The Morgan fingerprint density at radius 3 is 2.81 bits per heavy atom. The van der Waals surface area contributed by atoms with E-state index in [1.807, 2.05) is 12.1 Å². The Balaban J connectivity index is 1.98. The molecule has 0 bridgehead atoms. The number of rotatable bonds is 4. The third kappa shape index (κ3) is 2.16. The maximum Gasteiger partial charge on any atom is 0.142 e. The first kappa shape index (κ1) is 10.9. The molecule has 0 saturated heterocycles. The SMILES string of the molecule is CC(C)C1(CNc2cccc(C#N)n2)CC1. The lowest BCUT2D eigenvalue weighted by atomic mass is 9.92. The van der Waals surface area contributed by atoms with Gasteiger partial charge in [-0.1, -0.05) is 19.9 Å². The summed E-state index contributed by atoms with van der Waals surface area (Å²) in [7, 11) is 0. The highest BCUT2D eigenvalue weighted by molar-refractivity contribution is 5.38. The van der Waals surface area contributed by atoms with Gasteiger partial charge in [-0.25, -0.2) is 4.98 Å². The van der Waals surface area contributed by atoms with Gasteiger partial charge in [-0.15, -0.1) is 0 Å². The minimum Gasteiger partial charge on any atom is -0.369 e. The molecule has 0 aromatic carbocycles. The minimum atomic E-state index is 0.463. The molecule has 1 aliphatic carbocycles. The molecule has 1 aliphatic rings. The Labute approximate surface area is 96.5 Å². The first-order chi connectivity index (χ1) is 7.66. The molecule has 2 rings (SSSR count). The Morgan fingerprint density at radius 2 is 2.25 bits per heavy atom. The second-order valence-electron chi connectivity index (χ2n) is 4.89. The third-order valence-corrected chi connectivity index (χ3v) is 3.60. The fourth-order valence-corrected chi connectivity index (χ4v) is 1.98. The van der Waals surface area contributed by atoms with Crippen molar-refractivity contribution in [3.8, 4) is 6.07 Å². The molecule has 1 fully saturated rings. The van der Waals surface area contributed by atoms with Gasteiger partial charge >= 0.3 is 0 Å². The van der Waals surface area contributed by atoms with Crippen LogP contribution in [0, 0.1) is 22.7 Å². The molecule has 1 aromatic heterocycles. The quantitative estimate of drug-likeness (QED) is 0.840. The van der Waals surface area contributed by atoms with Crippen LogP contribution in [0.1, 0.15) is 32.4 Å². The summed E-state index contributed by atoms with van der Waals surface area (Å²) in [5, 5.41) is 12.1.